The van der Waals surface area contributed by atoms with Crippen LogP contribution in [0.1, 0.15) is 112 Å². The van der Waals surface area contributed by atoms with Crippen molar-refractivity contribution >= 4 is 9.84 Å². The molecule has 0 amide bonds. The summed E-state index contributed by atoms with van der Waals surface area (Å²) in [5.41, 5.74) is 0.956. The summed E-state index contributed by atoms with van der Waals surface area (Å²) in [5, 5.41) is -0.0708. The van der Waals surface area contributed by atoms with E-state index in [0.29, 0.717) is 16.7 Å². The van der Waals surface area contributed by atoms with E-state index in [0.717, 1.165) is 54.8 Å². The van der Waals surface area contributed by atoms with Crippen LogP contribution in [0.3, 0.4) is 0 Å². The molecule has 9 atom stereocenters. The van der Waals surface area contributed by atoms with E-state index < -0.39 is 9.84 Å². The van der Waals surface area contributed by atoms with Gasteiger partial charge in [-0.25, -0.2) is 8.42 Å². The standard InChI is InChI=1S/C28H50O2S/c1-19(2)8-7-9-20(3)24-12-13-25-23-11-10-21-18-22(31(6,29)30)14-16-27(21,4)26(23)15-17-28(24,25)5/h19-26H,7-18H2,1-6H3/t20-,21?,22?,23+,24-,25+,26+,27+,28-/m1/s1. The Morgan fingerprint density at radius 3 is 2.19 bits per heavy atom. The lowest BCUT2D eigenvalue weighted by Gasteiger charge is -2.61. The van der Waals surface area contributed by atoms with E-state index >= 15 is 0 Å². The lowest BCUT2D eigenvalue weighted by atomic mass is 9.44. The minimum atomic E-state index is -2.89. The maximum atomic E-state index is 12.3. The molecular formula is C28H50O2S. The van der Waals surface area contributed by atoms with E-state index in [9.17, 15) is 8.42 Å². The molecule has 0 aromatic carbocycles. The highest BCUT2D eigenvalue weighted by Gasteiger charge is 2.60. The summed E-state index contributed by atoms with van der Waals surface area (Å²) < 4.78 is 24.5. The van der Waals surface area contributed by atoms with Gasteiger partial charge in [-0.1, -0.05) is 53.9 Å². The lowest BCUT2D eigenvalue weighted by molar-refractivity contribution is -0.113. The van der Waals surface area contributed by atoms with Crippen molar-refractivity contribution in [2.75, 3.05) is 6.26 Å². The van der Waals surface area contributed by atoms with Crippen molar-refractivity contribution in [2.24, 2.45) is 52.3 Å². The van der Waals surface area contributed by atoms with Crippen LogP contribution in [-0.2, 0) is 9.84 Å². The first kappa shape index (κ1) is 24.1. The fraction of sp³-hybridized carbons (Fsp3) is 1.00. The molecule has 0 spiro atoms. The third kappa shape index (κ3) is 4.28. The van der Waals surface area contributed by atoms with E-state index in [1.807, 2.05) is 0 Å². The van der Waals surface area contributed by atoms with Gasteiger partial charge < -0.3 is 0 Å². The Morgan fingerprint density at radius 1 is 0.839 bits per heavy atom. The predicted octanol–water partition coefficient (Wildman–Crippen LogP) is 7.52. The van der Waals surface area contributed by atoms with Gasteiger partial charge in [0.25, 0.3) is 0 Å². The predicted molar refractivity (Wildman–Crippen MR) is 132 cm³/mol. The number of hydrogen-bond donors (Lipinski definition) is 0. The molecule has 0 radical (unpaired) electrons. The van der Waals surface area contributed by atoms with Gasteiger partial charge >= 0.3 is 0 Å². The molecule has 0 heterocycles. The summed E-state index contributed by atoms with van der Waals surface area (Å²) in [5.74, 6) is 5.96. The minimum Gasteiger partial charge on any atom is -0.229 e. The van der Waals surface area contributed by atoms with Gasteiger partial charge in [0.2, 0.25) is 0 Å². The van der Waals surface area contributed by atoms with Crippen LogP contribution >= 0.6 is 0 Å². The van der Waals surface area contributed by atoms with E-state index in [1.165, 1.54) is 64.0 Å². The Labute approximate surface area is 193 Å². The van der Waals surface area contributed by atoms with Crippen molar-refractivity contribution in [1.29, 1.82) is 0 Å². The molecule has 4 fully saturated rings. The Hall–Kier alpha value is -0.0500. The Balaban J connectivity index is 1.46. The lowest BCUT2D eigenvalue weighted by Crippen LogP contribution is -2.54. The highest BCUT2D eigenvalue weighted by atomic mass is 32.2. The zero-order chi connectivity index (χ0) is 22.6. The van der Waals surface area contributed by atoms with Gasteiger partial charge in [0.05, 0.1) is 5.25 Å². The molecule has 0 N–H and O–H groups in total. The summed E-state index contributed by atoms with van der Waals surface area (Å²) in [4.78, 5) is 0. The molecule has 180 valence electrons. The van der Waals surface area contributed by atoms with E-state index in [4.69, 9.17) is 0 Å². The van der Waals surface area contributed by atoms with Crippen LogP contribution in [0.15, 0.2) is 0 Å². The van der Waals surface area contributed by atoms with Crippen LogP contribution in [0, 0.1) is 52.3 Å². The summed E-state index contributed by atoms with van der Waals surface area (Å²) in [7, 11) is -2.89. The first-order valence-electron chi connectivity index (χ1n) is 13.7. The maximum Gasteiger partial charge on any atom is 0.150 e. The van der Waals surface area contributed by atoms with Crippen LogP contribution in [0.5, 0.6) is 0 Å². The molecular weight excluding hydrogens is 400 g/mol. The molecule has 4 rings (SSSR count). The van der Waals surface area contributed by atoms with Crippen molar-refractivity contribution in [3.05, 3.63) is 0 Å². The quantitative estimate of drug-likeness (QED) is 0.419. The number of sulfone groups is 1. The van der Waals surface area contributed by atoms with Gasteiger partial charge in [0.15, 0.2) is 0 Å². The van der Waals surface area contributed by atoms with Gasteiger partial charge in [-0.3, -0.25) is 0 Å². The van der Waals surface area contributed by atoms with E-state index in [1.54, 1.807) is 0 Å². The molecule has 0 bridgehead atoms. The molecule has 0 aromatic heterocycles. The molecule has 0 saturated heterocycles. The van der Waals surface area contributed by atoms with Crippen molar-refractivity contribution < 1.29 is 8.42 Å². The maximum absolute atomic E-state index is 12.3. The number of rotatable bonds is 6. The highest BCUT2D eigenvalue weighted by molar-refractivity contribution is 7.91. The molecule has 2 nitrogen and oxygen atoms in total. The van der Waals surface area contributed by atoms with Crippen LogP contribution in [-0.4, -0.2) is 19.9 Å². The van der Waals surface area contributed by atoms with Crippen molar-refractivity contribution in [3.63, 3.8) is 0 Å². The fourth-order valence-electron chi connectivity index (χ4n) is 9.63. The Bertz CT molecular complexity index is 742. The van der Waals surface area contributed by atoms with Gasteiger partial charge in [-0.15, -0.1) is 0 Å². The SMILES string of the molecule is CC(C)CCC[C@@H](C)[C@H]1CC[C@H]2[C@@H]3CCC4CC(S(C)(=O)=O)CC[C@]4(C)[C@H]3CC[C@]12C. The molecule has 4 aliphatic rings. The molecule has 3 heteroatoms. The van der Waals surface area contributed by atoms with E-state index in [2.05, 4.69) is 34.6 Å². The van der Waals surface area contributed by atoms with Crippen molar-refractivity contribution in [3.8, 4) is 0 Å². The average Bonchev–Trinajstić information content (AvgIpc) is 3.03. The second kappa shape index (κ2) is 8.62. The molecule has 4 saturated carbocycles. The zero-order valence-electron chi connectivity index (χ0n) is 21.3. The number of fused-ring (bicyclic) bond motifs is 5. The first-order chi connectivity index (χ1) is 14.5. The first-order valence-corrected chi connectivity index (χ1v) is 15.6. The van der Waals surface area contributed by atoms with Gasteiger partial charge in [-0.05, 0) is 110 Å². The normalized spacial score (nSPS) is 46.3. The summed E-state index contributed by atoms with van der Waals surface area (Å²) in [6, 6.07) is 0. The molecule has 2 unspecified atom stereocenters. The second-order valence-corrected chi connectivity index (χ2v) is 15.7. The molecule has 31 heavy (non-hydrogen) atoms. The van der Waals surface area contributed by atoms with Crippen LogP contribution in [0.2, 0.25) is 0 Å². The molecule has 0 aromatic rings. The van der Waals surface area contributed by atoms with Gasteiger partial charge in [0.1, 0.15) is 9.84 Å². The zero-order valence-corrected chi connectivity index (χ0v) is 22.1. The smallest absolute Gasteiger partial charge is 0.150 e. The van der Waals surface area contributed by atoms with Crippen LogP contribution in [0.25, 0.3) is 0 Å². The van der Waals surface area contributed by atoms with E-state index in [-0.39, 0.29) is 5.25 Å². The monoisotopic (exact) mass is 450 g/mol. The Morgan fingerprint density at radius 2 is 1.52 bits per heavy atom. The summed E-state index contributed by atoms with van der Waals surface area (Å²) in [6.07, 6.45) is 17.1. The summed E-state index contributed by atoms with van der Waals surface area (Å²) >= 11 is 0. The van der Waals surface area contributed by atoms with Crippen LogP contribution < -0.4 is 0 Å². The largest absolute Gasteiger partial charge is 0.229 e. The molecule has 4 aliphatic carbocycles. The average molecular weight is 451 g/mol. The van der Waals surface area contributed by atoms with Crippen molar-refractivity contribution in [2.45, 2.75) is 117 Å². The Kier molecular flexibility index (Phi) is 6.70. The highest BCUT2D eigenvalue weighted by Crippen LogP contribution is 2.68. The topological polar surface area (TPSA) is 34.1 Å². The fourth-order valence-corrected chi connectivity index (χ4v) is 10.8. The molecule has 0 aliphatic heterocycles. The third-order valence-corrected chi connectivity index (χ3v) is 13.1. The number of hydrogen-bond acceptors (Lipinski definition) is 2. The summed E-state index contributed by atoms with van der Waals surface area (Å²) in [6.45, 7) is 12.5. The van der Waals surface area contributed by atoms with Crippen LogP contribution in [0.4, 0.5) is 0 Å². The van der Waals surface area contributed by atoms with Gasteiger partial charge in [-0.2, -0.15) is 0 Å². The third-order valence-electron chi connectivity index (χ3n) is 11.4. The van der Waals surface area contributed by atoms with Crippen molar-refractivity contribution in [1.82, 2.24) is 0 Å². The second-order valence-electron chi connectivity index (χ2n) is 13.4. The van der Waals surface area contributed by atoms with Gasteiger partial charge in [0, 0.05) is 6.26 Å². The minimum absolute atomic E-state index is 0.0708.